The van der Waals surface area contributed by atoms with Gasteiger partial charge in [0.25, 0.3) is 0 Å². The predicted octanol–water partition coefficient (Wildman–Crippen LogP) is -2.08. The molecule has 1 N–H and O–H groups in total. The van der Waals surface area contributed by atoms with E-state index in [9.17, 15) is 13.2 Å². The summed E-state index contributed by atoms with van der Waals surface area (Å²) in [7, 11) is -2.61. The zero-order valence-corrected chi connectivity index (χ0v) is 5.25. The molecule has 0 unspecified atom stereocenters. The molecule has 0 heterocycles. The van der Waals surface area contributed by atoms with Crippen molar-refractivity contribution in [1.29, 1.82) is 4.78 Å². The minimum absolute atomic E-state index is 0. The van der Waals surface area contributed by atoms with Gasteiger partial charge in [-0.2, -0.15) is 26.4 Å². The van der Waals surface area contributed by atoms with E-state index in [1.165, 1.54) is 0 Å². The molecule has 0 aromatic rings. The number of alkyl halides is 3. The Hall–Kier alpha value is 0.00740. The smallest absolute Gasteiger partial charge is 1.00 e. The van der Waals surface area contributed by atoms with Crippen molar-refractivity contribution in [2.75, 3.05) is 0 Å². The third kappa shape index (κ3) is 5270000. The number of hydrogen-bond donors (Lipinski definition) is 1. The first-order valence-corrected chi connectivity index (χ1v) is 2.27. The summed E-state index contributed by atoms with van der Waals surface area (Å²) in [5.41, 5.74) is 0. The molecule has 0 rings (SSSR count). The summed E-state index contributed by atoms with van der Waals surface area (Å²) in [6.07, 6.45) is 0. The maximum atomic E-state index is 9.67. The Morgan fingerprint density at radius 3 is 1.33 bits per heavy atom. The number of halogens is 3. The molecule has 52 valence electrons. The molecule has 0 aromatic carbocycles. The molecule has 0 spiro atoms. The van der Waals surface area contributed by atoms with E-state index in [-0.39, 0.29) is 20.3 Å². The number of rotatable bonds is 0. The monoisotopic (exact) mass is 157 g/mol. The molecule has 0 aromatic heterocycles. The molecular formula is CH3F3LiNO2S. The molecule has 0 saturated heterocycles. The van der Waals surface area contributed by atoms with Gasteiger partial charge in [0.2, 0.25) is 0 Å². The Labute approximate surface area is 64.4 Å². The van der Waals surface area contributed by atoms with Gasteiger partial charge in [-0.1, -0.05) is 0 Å². The van der Waals surface area contributed by atoms with Crippen LogP contribution in [0.4, 0.5) is 13.2 Å². The van der Waals surface area contributed by atoms with Gasteiger partial charge in [0.05, 0.1) is 0 Å². The van der Waals surface area contributed by atoms with Gasteiger partial charge in [0.15, 0.2) is 0 Å². The Bertz CT molecular complexity index is 124. The van der Waals surface area contributed by atoms with Gasteiger partial charge in [-0.05, 0) is 0 Å². The van der Waals surface area contributed by atoms with Gasteiger partial charge < -0.3 is 1.43 Å². The van der Waals surface area contributed by atoms with Crippen LogP contribution in [0, 0.1) is 4.78 Å². The molecule has 0 fully saturated rings. The quantitative estimate of drug-likeness (QED) is 0.410. The van der Waals surface area contributed by atoms with Crippen molar-refractivity contribution in [3.8, 4) is 0 Å². The van der Waals surface area contributed by atoms with Crippen LogP contribution in [0.5, 0.6) is 0 Å². The molecule has 9 heavy (non-hydrogen) atoms. The average molecular weight is 157 g/mol. The second kappa shape index (κ2) is 10.9. The van der Waals surface area contributed by atoms with Crippen molar-refractivity contribution in [3.63, 3.8) is 0 Å². The van der Waals surface area contributed by atoms with E-state index in [0.29, 0.717) is 0 Å². The Morgan fingerprint density at radius 1 is 1.33 bits per heavy atom. The third-order valence-corrected chi connectivity index (χ3v) is 0. The first-order chi connectivity index (χ1) is 3.46. The second-order valence-corrected chi connectivity index (χ2v) is 0.952. The van der Waals surface area contributed by atoms with E-state index in [2.05, 4.69) is 0 Å². The largest absolute Gasteiger partial charge is 1.00 e. The molecular weight excluding hydrogens is 154 g/mol. The van der Waals surface area contributed by atoms with Gasteiger partial charge in [-0.3, -0.25) is 0 Å². The van der Waals surface area contributed by atoms with E-state index in [0.717, 1.165) is 0 Å². The second-order valence-electron chi connectivity index (χ2n) is 0.482. The van der Waals surface area contributed by atoms with E-state index >= 15 is 0 Å². The van der Waals surface area contributed by atoms with Crippen molar-refractivity contribution < 1.29 is 41.9 Å². The Kier molecular flexibility index (Phi) is 19.4. The summed E-state index contributed by atoms with van der Waals surface area (Å²) in [6, 6.07) is 0. The van der Waals surface area contributed by atoms with E-state index in [1.807, 2.05) is 0 Å². The molecule has 0 radical (unpaired) electrons. The van der Waals surface area contributed by atoms with Crippen LogP contribution >= 0.6 is 0 Å². The first kappa shape index (κ1) is 16.0. The van der Waals surface area contributed by atoms with Crippen LogP contribution in [0.15, 0.2) is 0 Å². The van der Waals surface area contributed by atoms with Crippen molar-refractivity contribution in [2.24, 2.45) is 0 Å². The van der Waals surface area contributed by atoms with Gasteiger partial charge >= 0.3 is 36.0 Å². The van der Waals surface area contributed by atoms with Crippen molar-refractivity contribution in [3.05, 3.63) is 0 Å². The minimum Gasteiger partial charge on any atom is -1.00 e. The van der Waals surface area contributed by atoms with Gasteiger partial charge in [0.1, 0.15) is 0 Å². The summed E-state index contributed by atoms with van der Waals surface area (Å²) in [6.45, 7) is -3.67. The number of nitrogens with one attached hydrogen (secondary N) is 1. The molecule has 0 aliphatic rings. The van der Waals surface area contributed by atoms with Gasteiger partial charge in [0, 0.05) is 0 Å². The van der Waals surface area contributed by atoms with Crippen LogP contribution in [-0.2, 0) is 10.5 Å². The molecule has 0 aliphatic carbocycles. The zero-order chi connectivity index (χ0) is 7.15. The molecule has 0 saturated carbocycles. The van der Waals surface area contributed by atoms with Crippen molar-refractivity contribution in [2.45, 2.75) is 6.68 Å². The SMILES string of the molecule is FC(F)F.N=S(=O)=O.[H-].[Li+]. The molecule has 8 heteroatoms. The third-order valence-electron chi connectivity index (χ3n) is 0. The van der Waals surface area contributed by atoms with E-state index in [4.69, 9.17) is 13.2 Å². The maximum Gasteiger partial charge on any atom is 1.00 e. The fourth-order valence-electron chi connectivity index (χ4n) is 0. The summed E-state index contributed by atoms with van der Waals surface area (Å²) in [4.78, 5) is 0. The molecule has 3 nitrogen and oxygen atoms in total. The predicted molar refractivity (Wildman–Crippen MR) is 19.9 cm³/mol. The molecule has 0 aliphatic heterocycles. The Morgan fingerprint density at radius 2 is 1.33 bits per heavy atom. The average Bonchev–Trinajstić information content (AvgIpc) is 1.25. The standard InChI is InChI=1S/CHF3.Li.HNO2S.H/c2-1(3)4;;1-4(2)3;/h1H;;1H;/q;+1;;-1. The van der Waals surface area contributed by atoms with Crippen LogP contribution in [0.1, 0.15) is 1.43 Å². The molecule has 0 amide bonds. The van der Waals surface area contributed by atoms with Crippen LogP contribution in [0.25, 0.3) is 0 Å². The van der Waals surface area contributed by atoms with Gasteiger partial charge in [-0.25, -0.2) is 0 Å². The van der Waals surface area contributed by atoms with Gasteiger partial charge in [-0.15, -0.1) is 0 Å². The summed E-state index contributed by atoms with van der Waals surface area (Å²) < 4.78 is 51.8. The topological polar surface area (TPSA) is 58.0 Å². The van der Waals surface area contributed by atoms with Crippen LogP contribution in [0.3, 0.4) is 0 Å². The fraction of sp³-hybridized carbons (Fsp3) is 1.00. The van der Waals surface area contributed by atoms with E-state index < -0.39 is 17.2 Å². The Balaban J connectivity index is -0.0000000300. The normalized spacial score (nSPS) is 6.67. The zero-order valence-electron chi connectivity index (χ0n) is 5.44. The summed E-state index contributed by atoms with van der Waals surface area (Å²) in [5, 5.41) is 0. The van der Waals surface area contributed by atoms with Crippen LogP contribution < -0.4 is 18.9 Å². The summed E-state index contributed by atoms with van der Waals surface area (Å²) in [5.74, 6) is 0. The van der Waals surface area contributed by atoms with Crippen LogP contribution in [-0.4, -0.2) is 15.1 Å². The molecule has 0 atom stereocenters. The first-order valence-electron chi connectivity index (χ1n) is 1.19. The molecule has 0 bridgehead atoms. The number of hydrogen-bond acceptors (Lipinski definition) is 3. The van der Waals surface area contributed by atoms with E-state index in [1.54, 1.807) is 0 Å². The minimum atomic E-state index is -3.67. The summed E-state index contributed by atoms with van der Waals surface area (Å²) >= 11 is 0. The maximum absolute atomic E-state index is 9.67. The van der Waals surface area contributed by atoms with Crippen LogP contribution in [0.2, 0.25) is 0 Å². The fourth-order valence-corrected chi connectivity index (χ4v) is 0. The van der Waals surface area contributed by atoms with Crippen molar-refractivity contribution in [1.82, 2.24) is 0 Å². The van der Waals surface area contributed by atoms with Crippen molar-refractivity contribution >= 4 is 10.5 Å².